The fourth-order valence-corrected chi connectivity index (χ4v) is 1.08. The van der Waals surface area contributed by atoms with E-state index < -0.39 is 7.12 Å². The van der Waals surface area contributed by atoms with Crippen molar-refractivity contribution in [1.82, 2.24) is 4.98 Å². The molecule has 0 aliphatic carbocycles. The maximum atomic E-state index is 8.96. The second-order valence-corrected chi connectivity index (χ2v) is 2.66. The van der Waals surface area contributed by atoms with Crippen LogP contribution in [0.1, 0.15) is 12.5 Å². The lowest BCUT2D eigenvalue weighted by atomic mass is 9.78. The van der Waals surface area contributed by atoms with Crippen molar-refractivity contribution in [1.29, 1.82) is 0 Å². The van der Waals surface area contributed by atoms with Gasteiger partial charge in [0.1, 0.15) is 5.75 Å². The van der Waals surface area contributed by atoms with E-state index in [1.807, 2.05) is 6.92 Å². The molecule has 1 heterocycles. The van der Waals surface area contributed by atoms with Crippen molar-refractivity contribution in [2.75, 3.05) is 6.61 Å². The molecule has 5 heteroatoms. The number of hydrogen-bond donors (Lipinski definition) is 2. The standard InChI is InChI=1S/C8H12BNO3/c1-3-13-8-5-10-4-7(6(8)2)9(11)12/h4-5,11-12H,3H2,1-2H3. The minimum absolute atomic E-state index is 0.381. The zero-order valence-corrected chi connectivity index (χ0v) is 7.69. The molecule has 1 aromatic rings. The molecule has 0 amide bonds. The predicted molar refractivity (Wildman–Crippen MR) is 50.0 cm³/mol. The van der Waals surface area contributed by atoms with Crippen LogP contribution < -0.4 is 10.2 Å². The normalized spacial score (nSPS) is 9.85. The van der Waals surface area contributed by atoms with Gasteiger partial charge in [0.15, 0.2) is 0 Å². The summed E-state index contributed by atoms with van der Waals surface area (Å²) in [6.07, 6.45) is 2.98. The third-order valence-electron chi connectivity index (χ3n) is 1.79. The Balaban J connectivity index is 3.03. The van der Waals surface area contributed by atoms with Crippen molar-refractivity contribution in [3.05, 3.63) is 18.0 Å². The van der Waals surface area contributed by atoms with E-state index in [2.05, 4.69) is 4.98 Å². The van der Waals surface area contributed by atoms with Crippen molar-refractivity contribution in [3.8, 4) is 5.75 Å². The van der Waals surface area contributed by atoms with Gasteiger partial charge in [-0.15, -0.1) is 0 Å². The Morgan fingerprint density at radius 2 is 2.15 bits per heavy atom. The van der Waals surface area contributed by atoms with Crippen LogP contribution in [0.25, 0.3) is 0 Å². The summed E-state index contributed by atoms with van der Waals surface area (Å²) in [6, 6.07) is 0. The zero-order valence-electron chi connectivity index (χ0n) is 7.69. The minimum Gasteiger partial charge on any atom is -0.492 e. The smallest absolute Gasteiger partial charge is 0.490 e. The SMILES string of the molecule is CCOc1cncc(B(O)O)c1C. The summed E-state index contributed by atoms with van der Waals surface area (Å²) in [5.74, 6) is 0.591. The third-order valence-corrected chi connectivity index (χ3v) is 1.79. The van der Waals surface area contributed by atoms with Gasteiger partial charge in [0.2, 0.25) is 0 Å². The highest BCUT2D eigenvalue weighted by atomic mass is 16.5. The van der Waals surface area contributed by atoms with Crippen molar-refractivity contribution in [2.24, 2.45) is 0 Å². The third kappa shape index (κ3) is 2.20. The highest BCUT2D eigenvalue weighted by Gasteiger charge is 2.16. The molecule has 0 bridgehead atoms. The van der Waals surface area contributed by atoms with E-state index in [4.69, 9.17) is 14.8 Å². The Morgan fingerprint density at radius 1 is 1.46 bits per heavy atom. The lowest BCUT2D eigenvalue weighted by Gasteiger charge is -2.09. The molecule has 0 aliphatic rings. The van der Waals surface area contributed by atoms with Gasteiger partial charge in [-0.25, -0.2) is 0 Å². The summed E-state index contributed by atoms with van der Waals surface area (Å²) in [5, 5.41) is 17.9. The molecule has 1 rings (SSSR count). The van der Waals surface area contributed by atoms with Crippen LogP contribution in [0.2, 0.25) is 0 Å². The van der Waals surface area contributed by atoms with Crippen LogP contribution in [-0.2, 0) is 0 Å². The second-order valence-electron chi connectivity index (χ2n) is 2.66. The average molecular weight is 181 g/mol. The van der Waals surface area contributed by atoms with Crippen LogP contribution >= 0.6 is 0 Å². The van der Waals surface area contributed by atoms with Crippen LogP contribution in [0, 0.1) is 6.92 Å². The van der Waals surface area contributed by atoms with E-state index in [9.17, 15) is 0 Å². The van der Waals surface area contributed by atoms with Crippen LogP contribution in [0.4, 0.5) is 0 Å². The summed E-state index contributed by atoms with van der Waals surface area (Å²) in [7, 11) is -1.49. The molecule has 0 unspecified atom stereocenters. The van der Waals surface area contributed by atoms with Gasteiger partial charge < -0.3 is 14.8 Å². The maximum Gasteiger partial charge on any atom is 0.490 e. The van der Waals surface area contributed by atoms with Crippen LogP contribution in [0.15, 0.2) is 12.4 Å². The molecule has 0 aliphatic heterocycles. The number of pyridine rings is 1. The van der Waals surface area contributed by atoms with Gasteiger partial charge in [0.25, 0.3) is 0 Å². The van der Waals surface area contributed by atoms with E-state index in [0.29, 0.717) is 23.4 Å². The molecule has 70 valence electrons. The minimum atomic E-state index is -1.49. The number of ether oxygens (including phenoxy) is 1. The fraction of sp³-hybridized carbons (Fsp3) is 0.375. The first kappa shape index (κ1) is 10.0. The predicted octanol–water partition coefficient (Wildman–Crippen LogP) is -0.531. The molecule has 1 aromatic heterocycles. The Hall–Kier alpha value is -1.07. The van der Waals surface area contributed by atoms with Gasteiger partial charge in [-0.3, -0.25) is 4.98 Å². The van der Waals surface area contributed by atoms with Crippen LogP contribution in [0.5, 0.6) is 5.75 Å². The maximum absolute atomic E-state index is 8.96. The van der Waals surface area contributed by atoms with Gasteiger partial charge in [-0.2, -0.15) is 0 Å². The Labute approximate surface area is 77.3 Å². The second kappa shape index (κ2) is 4.25. The van der Waals surface area contributed by atoms with E-state index in [0.717, 1.165) is 0 Å². The molecule has 0 saturated heterocycles. The molecular formula is C8H12BNO3. The van der Waals surface area contributed by atoms with Crippen molar-refractivity contribution in [2.45, 2.75) is 13.8 Å². The summed E-state index contributed by atoms with van der Waals surface area (Å²) >= 11 is 0. The summed E-state index contributed by atoms with van der Waals surface area (Å²) in [4.78, 5) is 3.84. The molecule has 0 saturated carbocycles. The molecule has 0 fully saturated rings. The lowest BCUT2D eigenvalue weighted by molar-refractivity contribution is 0.336. The van der Waals surface area contributed by atoms with E-state index in [1.165, 1.54) is 6.20 Å². The number of rotatable bonds is 3. The summed E-state index contributed by atoms with van der Waals surface area (Å²) in [6.45, 7) is 4.16. The molecule has 2 N–H and O–H groups in total. The lowest BCUT2D eigenvalue weighted by Crippen LogP contribution is -2.32. The molecule has 13 heavy (non-hydrogen) atoms. The first-order valence-corrected chi connectivity index (χ1v) is 4.10. The van der Waals surface area contributed by atoms with Crippen molar-refractivity contribution in [3.63, 3.8) is 0 Å². The van der Waals surface area contributed by atoms with Crippen LogP contribution in [0.3, 0.4) is 0 Å². The molecular weight excluding hydrogens is 169 g/mol. The fourth-order valence-electron chi connectivity index (χ4n) is 1.08. The van der Waals surface area contributed by atoms with Crippen molar-refractivity contribution >= 4 is 12.6 Å². The zero-order chi connectivity index (χ0) is 9.84. The van der Waals surface area contributed by atoms with Crippen LogP contribution in [-0.4, -0.2) is 28.8 Å². The highest BCUT2D eigenvalue weighted by molar-refractivity contribution is 6.59. The number of aromatic nitrogens is 1. The molecule has 0 aromatic carbocycles. The van der Waals surface area contributed by atoms with Gasteiger partial charge in [-0.1, -0.05) is 0 Å². The van der Waals surface area contributed by atoms with Gasteiger partial charge in [0, 0.05) is 11.7 Å². The number of nitrogens with zero attached hydrogens (tertiary/aromatic N) is 1. The summed E-state index contributed by atoms with van der Waals surface area (Å²) in [5.41, 5.74) is 1.10. The summed E-state index contributed by atoms with van der Waals surface area (Å²) < 4.78 is 5.24. The largest absolute Gasteiger partial charge is 0.492 e. The molecule has 0 spiro atoms. The Morgan fingerprint density at radius 3 is 2.69 bits per heavy atom. The first-order valence-electron chi connectivity index (χ1n) is 4.10. The van der Waals surface area contributed by atoms with Crippen molar-refractivity contribution < 1.29 is 14.8 Å². The Kier molecular flexibility index (Phi) is 3.28. The Bertz CT molecular complexity index is 291. The van der Waals surface area contributed by atoms with E-state index in [1.54, 1.807) is 13.1 Å². The molecule has 0 radical (unpaired) electrons. The molecule has 0 atom stereocenters. The highest BCUT2D eigenvalue weighted by Crippen LogP contribution is 2.12. The quantitative estimate of drug-likeness (QED) is 0.615. The van der Waals surface area contributed by atoms with Gasteiger partial charge in [-0.05, 0) is 19.4 Å². The molecule has 4 nitrogen and oxygen atoms in total. The number of hydrogen-bond acceptors (Lipinski definition) is 4. The van der Waals surface area contributed by atoms with Gasteiger partial charge in [0.05, 0.1) is 12.8 Å². The monoisotopic (exact) mass is 181 g/mol. The van der Waals surface area contributed by atoms with Gasteiger partial charge >= 0.3 is 7.12 Å². The van der Waals surface area contributed by atoms with E-state index >= 15 is 0 Å². The average Bonchev–Trinajstić information content (AvgIpc) is 2.08. The topological polar surface area (TPSA) is 62.6 Å². The first-order chi connectivity index (χ1) is 6.16. The van der Waals surface area contributed by atoms with E-state index in [-0.39, 0.29) is 0 Å².